The highest BCUT2D eigenvalue weighted by atomic mass is 127. The van der Waals surface area contributed by atoms with Crippen molar-refractivity contribution in [3.63, 3.8) is 0 Å². The second-order valence-corrected chi connectivity index (χ2v) is 7.02. The zero-order valence-electron chi connectivity index (χ0n) is 11.1. The highest BCUT2D eigenvalue weighted by Crippen LogP contribution is 2.37. The zero-order chi connectivity index (χ0) is 15.0. The van der Waals surface area contributed by atoms with E-state index < -0.39 is 0 Å². The normalized spacial score (nSPS) is 15.6. The second-order valence-electron chi connectivity index (χ2n) is 5.10. The molecular formula is C14H13Cl2IN4. The molecule has 0 saturated heterocycles. The molecule has 0 bridgehead atoms. The minimum atomic E-state index is 0.431. The quantitative estimate of drug-likeness (QED) is 0.696. The second kappa shape index (κ2) is 6.22. The lowest BCUT2D eigenvalue weighted by atomic mass is 10.0. The Balaban J connectivity index is 2.10. The molecule has 4 nitrogen and oxygen atoms in total. The lowest BCUT2D eigenvalue weighted by molar-refractivity contribution is 0.691. The van der Waals surface area contributed by atoms with E-state index in [1.807, 2.05) is 0 Å². The summed E-state index contributed by atoms with van der Waals surface area (Å²) in [5.74, 6) is 1.40. The van der Waals surface area contributed by atoms with Crippen LogP contribution in [0.4, 0.5) is 5.82 Å². The minimum Gasteiger partial charge on any atom is -0.383 e. The molecule has 0 radical (unpaired) electrons. The molecule has 0 amide bonds. The van der Waals surface area contributed by atoms with Gasteiger partial charge in [0.2, 0.25) is 0 Å². The molecule has 2 heterocycles. The van der Waals surface area contributed by atoms with Gasteiger partial charge in [-0.2, -0.15) is 0 Å². The number of hydrogen-bond donors (Lipinski definition) is 1. The molecule has 110 valence electrons. The number of halogens is 3. The third-order valence-corrected chi connectivity index (χ3v) is 5.26. The van der Waals surface area contributed by atoms with E-state index in [1.165, 1.54) is 19.0 Å². The molecule has 1 fully saturated rings. The first-order valence-electron chi connectivity index (χ1n) is 6.70. The average molecular weight is 435 g/mol. The SMILES string of the molecule is Nc1nc(-c2ncc(Cl)cc2Cl)nc(C2CCCC2)c1I. The van der Waals surface area contributed by atoms with Crippen molar-refractivity contribution in [3.8, 4) is 11.5 Å². The van der Waals surface area contributed by atoms with Crippen molar-refractivity contribution in [1.29, 1.82) is 0 Å². The maximum Gasteiger partial charge on any atom is 0.182 e. The maximum absolute atomic E-state index is 6.20. The van der Waals surface area contributed by atoms with Crippen LogP contribution in [0, 0.1) is 3.57 Å². The number of anilines is 1. The molecular weight excluding hydrogens is 422 g/mol. The van der Waals surface area contributed by atoms with Crippen LogP contribution >= 0.6 is 45.8 Å². The highest BCUT2D eigenvalue weighted by Gasteiger charge is 2.24. The van der Waals surface area contributed by atoms with Gasteiger partial charge in [-0.3, -0.25) is 0 Å². The summed E-state index contributed by atoms with van der Waals surface area (Å²) in [6.07, 6.45) is 6.30. The summed E-state index contributed by atoms with van der Waals surface area (Å²) in [6, 6.07) is 1.64. The molecule has 2 aromatic heterocycles. The molecule has 1 aliphatic carbocycles. The van der Waals surface area contributed by atoms with E-state index in [9.17, 15) is 0 Å². The van der Waals surface area contributed by atoms with E-state index in [1.54, 1.807) is 6.07 Å². The fourth-order valence-electron chi connectivity index (χ4n) is 2.64. The molecule has 1 saturated carbocycles. The smallest absolute Gasteiger partial charge is 0.182 e. The van der Waals surface area contributed by atoms with Crippen LogP contribution in [0.1, 0.15) is 37.3 Å². The number of rotatable bonds is 2. The van der Waals surface area contributed by atoms with Crippen LogP contribution in [0.5, 0.6) is 0 Å². The van der Waals surface area contributed by atoms with E-state index in [-0.39, 0.29) is 0 Å². The largest absolute Gasteiger partial charge is 0.383 e. The van der Waals surface area contributed by atoms with Crippen LogP contribution < -0.4 is 5.73 Å². The fraction of sp³-hybridized carbons (Fsp3) is 0.357. The Morgan fingerprint density at radius 2 is 1.90 bits per heavy atom. The summed E-state index contributed by atoms with van der Waals surface area (Å²) in [6.45, 7) is 0. The standard InChI is InChI=1S/C14H13Cl2IN4/c15-8-5-9(16)12(19-6-8)14-20-11(7-3-1-2-4-7)10(17)13(18)21-14/h5-7H,1-4H2,(H2,18,20,21). The van der Waals surface area contributed by atoms with Gasteiger partial charge in [0.25, 0.3) is 0 Å². The summed E-state index contributed by atoms with van der Waals surface area (Å²) >= 11 is 14.3. The van der Waals surface area contributed by atoms with E-state index in [4.69, 9.17) is 28.9 Å². The van der Waals surface area contributed by atoms with Crippen molar-refractivity contribution in [3.05, 3.63) is 31.6 Å². The van der Waals surface area contributed by atoms with Gasteiger partial charge < -0.3 is 5.73 Å². The first-order valence-corrected chi connectivity index (χ1v) is 8.54. The number of pyridine rings is 1. The number of nitrogens with two attached hydrogens (primary N) is 1. The first-order chi connectivity index (χ1) is 10.1. The molecule has 0 spiro atoms. The van der Waals surface area contributed by atoms with Gasteiger partial charge >= 0.3 is 0 Å². The Kier molecular flexibility index (Phi) is 4.51. The Morgan fingerprint density at radius 3 is 2.57 bits per heavy atom. The molecule has 2 aromatic rings. The Labute approximate surface area is 146 Å². The molecule has 21 heavy (non-hydrogen) atoms. The zero-order valence-corrected chi connectivity index (χ0v) is 14.8. The summed E-state index contributed by atoms with van der Waals surface area (Å²) < 4.78 is 0.938. The predicted octanol–water partition coefficient (Wildman–Crippen LogP) is 4.69. The Bertz CT molecular complexity index is 687. The number of nitrogen functional groups attached to an aromatic ring is 1. The fourth-order valence-corrected chi connectivity index (χ4v) is 3.78. The summed E-state index contributed by atoms with van der Waals surface area (Å²) in [4.78, 5) is 13.3. The lowest BCUT2D eigenvalue weighted by Gasteiger charge is -2.14. The Morgan fingerprint density at radius 1 is 1.19 bits per heavy atom. The first kappa shape index (κ1) is 15.2. The van der Waals surface area contributed by atoms with E-state index in [0.717, 1.165) is 22.1 Å². The van der Waals surface area contributed by atoms with Crippen LogP contribution in [0.3, 0.4) is 0 Å². The minimum absolute atomic E-state index is 0.431. The average Bonchev–Trinajstić information content (AvgIpc) is 2.96. The van der Waals surface area contributed by atoms with E-state index >= 15 is 0 Å². The van der Waals surface area contributed by atoms with Gasteiger partial charge in [0.05, 0.1) is 19.3 Å². The third kappa shape index (κ3) is 3.10. The van der Waals surface area contributed by atoms with Crippen LogP contribution in [0.15, 0.2) is 12.3 Å². The summed E-state index contributed by atoms with van der Waals surface area (Å²) in [5.41, 5.74) is 7.58. The van der Waals surface area contributed by atoms with E-state index in [0.29, 0.717) is 33.3 Å². The van der Waals surface area contributed by atoms with Gasteiger partial charge in [-0.05, 0) is 41.5 Å². The van der Waals surface area contributed by atoms with Crippen molar-refractivity contribution in [1.82, 2.24) is 15.0 Å². The Hall–Kier alpha value is -0.660. The van der Waals surface area contributed by atoms with Crippen molar-refractivity contribution >= 4 is 51.6 Å². The van der Waals surface area contributed by atoms with Gasteiger partial charge in [-0.25, -0.2) is 15.0 Å². The van der Waals surface area contributed by atoms with Crippen molar-refractivity contribution in [2.75, 3.05) is 5.73 Å². The third-order valence-electron chi connectivity index (χ3n) is 3.66. The van der Waals surface area contributed by atoms with E-state index in [2.05, 4.69) is 37.5 Å². The molecule has 0 aromatic carbocycles. The topological polar surface area (TPSA) is 64.7 Å². The molecule has 3 rings (SSSR count). The van der Waals surface area contributed by atoms with Crippen LogP contribution in [-0.2, 0) is 0 Å². The molecule has 1 aliphatic rings. The van der Waals surface area contributed by atoms with Crippen molar-refractivity contribution < 1.29 is 0 Å². The molecule has 7 heteroatoms. The highest BCUT2D eigenvalue weighted by molar-refractivity contribution is 14.1. The lowest BCUT2D eigenvalue weighted by Crippen LogP contribution is -2.08. The number of nitrogens with zero attached hydrogens (tertiary/aromatic N) is 3. The molecule has 0 atom stereocenters. The molecule has 2 N–H and O–H groups in total. The monoisotopic (exact) mass is 434 g/mol. The van der Waals surface area contributed by atoms with Gasteiger partial charge in [-0.15, -0.1) is 0 Å². The van der Waals surface area contributed by atoms with Crippen LogP contribution in [0.25, 0.3) is 11.5 Å². The molecule has 0 aliphatic heterocycles. The van der Waals surface area contributed by atoms with Gasteiger partial charge in [0.15, 0.2) is 5.82 Å². The maximum atomic E-state index is 6.20. The van der Waals surface area contributed by atoms with Crippen molar-refractivity contribution in [2.45, 2.75) is 31.6 Å². The van der Waals surface area contributed by atoms with Gasteiger partial charge in [-0.1, -0.05) is 36.0 Å². The summed E-state index contributed by atoms with van der Waals surface area (Å²) in [7, 11) is 0. The summed E-state index contributed by atoms with van der Waals surface area (Å²) in [5, 5.41) is 0.915. The van der Waals surface area contributed by atoms with Crippen LogP contribution in [-0.4, -0.2) is 15.0 Å². The predicted molar refractivity (Wildman–Crippen MR) is 93.6 cm³/mol. The van der Waals surface area contributed by atoms with Crippen molar-refractivity contribution in [2.24, 2.45) is 0 Å². The number of aromatic nitrogens is 3. The number of hydrogen-bond acceptors (Lipinski definition) is 4. The molecule has 0 unspecified atom stereocenters. The van der Waals surface area contributed by atoms with Gasteiger partial charge in [0.1, 0.15) is 11.5 Å². The van der Waals surface area contributed by atoms with Gasteiger partial charge in [0, 0.05) is 12.1 Å². The van der Waals surface area contributed by atoms with Crippen LogP contribution in [0.2, 0.25) is 10.0 Å².